The van der Waals surface area contributed by atoms with E-state index in [9.17, 15) is 4.39 Å². The van der Waals surface area contributed by atoms with Crippen LogP contribution in [0.15, 0.2) is 12.1 Å². The Morgan fingerprint density at radius 3 is 2.55 bits per heavy atom. The molecule has 2 heteroatoms. The van der Waals surface area contributed by atoms with E-state index in [1.807, 2.05) is 13.0 Å². The average molecular weight is 149 g/mol. The van der Waals surface area contributed by atoms with Gasteiger partial charge in [-0.1, -0.05) is 0 Å². The molecule has 1 rings (SSSR count). The first-order valence-electron chi connectivity index (χ1n) is 3.32. The fourth-order valence-electron chi connectivity index (χ4n) is 0.931. The number of hydrogen-bond donors (Lipinski definition) is 0. The highest BCUT2D eigenvalue weighted by Gasteiger charge is 2.02. The Kier molecular flexibility index (Phi) is 1.91. The van der Waals surface area contributed by atoms with Gasteiger partial charge in [0.05, 0.1) is 11.6 Å². The van der Waals surface area contributed by atoms with Crippen molar-refractivity contribution < 1.29 is 4.39 Å². The number of aryl methyl sites for hydroxylation is 1. The van der Waals surface area contributed by atoms with E-state index >= 15 is 0 Å². The van der Waals surface area contributed by atoms with Crippen molar-refractivity contribution >= 4 is 0 Å². The largest absolute Gasteiger partial charge is 0.207 e. The lowest BCUT2D eigenvalue weighted by atomic mass is 10.0. The van der Waals surface area contributed by atoms with E-state index in [4.69, 9.17) is 5.26 Å². The number of hydrogen-bond acceptors (Lipinski definition) is 1. The Labute approximate surface area is 65.1 Å². The zero-order valence-corrected chi connectivity index (χ0v) is 6.48. The van der Waals surface area contributed by atoms with Gasteiger partial charge in [-0.25, -0.2) is 4.39 Å². The molecule has 11 heavy (non-hydrogen) atoms. The molecule has 56 valence electrons. The molecule has 0 heterocycles. The lowest BCUT2D eigenvalue weighted by Crippen LogP contribution is -1.88. The highest BCUT2D eigenvalue weighted by Crippen LogP contribution is 2.13. The van der Waals surface area contributed by atoms with Gasteiger partial charge < -0.3 is 0 Å². The molecule has 0 aliphatic heterocycles. The average Bonchev–Trinajstić information content (AvgIpc) is 1.96. The molecule has 0 saturated carbocycles. The molecule has 0 aliphatic carbocycles. The van der Waals surface area contributed by atoms with Crippen molar-refractivity contribution in [3.05, 3.63) is 34.6 Å². The topological polar surface area (TPSA) is 23.8 Å². The van der Waals surface area contributed by atoms with Crippen LogP contribution in [0.4, 0.5) is 4.39 Å². The van der Waals surface area contributed by atoms with Gasteiger partial charge in [0.15, 0.2) is 0 Å². The summed E-state index contributed by atoms with van der Waals surface area (Å²) in [5.74, 6) is -0.343. The Morgan fingerprint density at radius 2 is 2.00 bits per heavy atom. The lowest BCUT2D eigenvalue weighted by molar-refractivity contribution is 0.625. The van der Waals surface area contributed by atoms with Crippen molar-refractivity contribution in [2.24, 2.45) is 0 Å². The molecule has 0 spiro atoms. The van der Waals surface area contributed by atoms with E-state index in [1.54, 1.807) is 6.92 Å². The molecule has 0 radical (unpaired) electrons. The molecule has 0 aromatic heterocycles. The van der Waals surface area contributed by atoms with Crippen molar-refractivity contribution in [1.29, 1.82) is 5.26 Å². The Hall–Kier alpha value is -1.36. The number of rotatable bonds is 0. The third kappa shape index (κ3) is 1.38. The number of halogens is 1. The van der Waals surface area contributed by atoms with Gasteiger partial charge in [0.1, 0.15) is 5.82 Å². The minimum Gasteiger partial charge on any atom is -0.207 e. The van der Waals surface area contributed by atoms with Crippen LogP contribution in [0.5, 0.6) is 0 Å². The van der Waals surface area contributed by atoms with Gasteiger partial charge in [-0.2, -0.15) is 5.26 Å². The van der Waals surface area contributed by atoms with Crippen LogP contribution >= 0.6 is 0 Å². The lowest BCUT2D eigenvalue weighted by Gasteiger charge is -2.00. The van der Waals surface area contributed by atoms with Crippen molar-refractivity contribution in [2.45, 2.75) is 13.8 Å². The van der Waals surface area contributed by atoms with E-state index < -0.39 is 0 Å². The van der Waals surface area contributed by atoms with Gasteiger partial charge in [0, 0.05) is 0 Å². The van der Waals surface area contributed by atoms with Crippen LogP contribution in [-0.4, -0.2) is 0 Å². The van der Waals surface area contributed by atoms with E-state index in [2.05, 4.69) is 0 Å². The number of nitrogens with zero attached hydrogens (tertiary/aromatic N) is 1. The van der Waals surface area contributed by atoms with Crippen LogP contribution in [0.3, 0.4) is 0 Å². The molecule has 1 nitrogen and oxygen atoms in total. The second-order valence-electron chi connectivity index (χ2n) is 2.51. The third-order valence-electron chi connectivity index (χ3n) is 1.75. The SMILES string of the molecule is Cc1cc(F)cc(C#N)c1C. The van der Waals surface area contributed by atoms with E-state index in [0.29, 0.717) is 5.56 Å². The maximum Gasteiger partial charge on any atom is 0.124 e. The zero-order chi connectivity index (χ0) is 8.43. The van der Waals surface area contributed by atoms with Crippen LogP contribution in [0.2, 0.25) is 0 Å². The van der Waals surface area contributed by atoms with E-state index in [0.717, 1.165) is 11.1 Å². The summed E-state index contributed by atoms with van der Waals surface area (Å²) in [6.07, 6.45) is 0. The minimum absolute atomic E-state index is 0.343. The maximum atomic E-state index is 12.6. The minimum atomic E-state index is -0.343. The molecule has 0 bridgehead atoms. The van der Waals surface area contributed by atoms with Crippen molar-refractivity contribution in [3.8, 4) is 6.07 Å². The smallest absolute Gasteiger partial charge is 0.124 e. The van der Waals surface area contributed by atoms with E-state index in [-0.39, 0.29) is 5.82 Å². The summed E-state index contributed by atoms with van der Waals surface area (Å²) in [5.41, 5.74) is 2.10. The molecule has 1 aromatic carbocycles. The first-order valence-corrected chi connectivity index (χ1v) is 3.32. The predicted molar refractivity (Wildman–Crippen MR) is 40.6 cm³/mol. The first kappa shape index (κ1) is 7.74. The highest BCUT2D eigenvalue weighted by atomic mass is 19.1. The molecule has 0 fully saturated rings. The summed E-state index contributed by atoms with van der Waals surface area (Å²) >= 11 is 0. The first-order chi connectivity index (χ1) is 5.15. The van der Waals surface area contributed by atoms with Crippen LogP contribution < -0.4 is 0 Å². The Bertz CT molecular complexity index is 323. The number of nitriles is 1. The van der Waals surface area contributed by atoms with Gasteiger partial charge in [-0.15, -0.1) is 0 Å². The second-order valence-corrected chi connectivity index (χ2v) is 2.51. The molecule has 0 saturated heterocycles. The summed E-state index contributed by atoms with van der Waals surface area (Å²) in [4.78, 5) is 0. The summed E-state index contributed by atoms with van der Waals surface area (Å²) in [6.45, 7) is 3.60. The molecule has 0 amide bonds. The normalized spacial score (nSPS) is 9.27. The molecule has 1 aromatic rings. The van der Waals surface area contributed by atoms with Crippen molar-refractivity contribution in [3.63, 3.8) is 0 Å². The quantitative estimate of drug-likeness (QED) is 0.555. The zero-order valence-electron chi connectivity index (χ0n) is 6.48. The molecular weight excluding hydrogens is 141 g/mol. The van der Waals surface area contributed by atoms with Gasteiger partial charge in [-0.3, -0.25) is 0 Å². The Morgan fingerprint density at radius 1 is 1.36 bits per heavy atom. The molecule has 0 N–H and O–H groups in total. The fourth-order valence-corrected chi connectivity index (χ4v) is 0.931. The fraction of sp³-hybridized carbons (Fsp3) is 0.222. The van der Waals surface area contributed by atoms with Crippen molar-refractivity contribution in [2.75, 3.05) is 0 Å². The second kappa shape index (κ2) is 2.71. The van der Waals surface area contributed by atoms with Crippen LogP contribution in [0.1, 0.15) is 16.7 Å². The van der Waals surface area contributed by atoms with Crippen LogP contribution in [0.25, 0.3) is 0 Å². The van der Waals surface area contributed by atoms with E-state index in [1.165, 1.54) is 12.1 Å². The van der Waals surface area contributed by atoms with Crippen LogP contribution in [0, 0.1) is 31.0 Å². The predicted octanol–water partition coefficient (Wildman–Crippen LogP) is 2.31. The van der Waals surface area contributed by atoms with Gasteiger partial charge in [-0.05, 0) is 37.1 Å². The summed E-state index contributed by atoms with van der Waals surface area (Å²) in [6, 6.07) is 4.62. The molecule has 0 unspecified atom stereocenters. The van der Waals surface area contributed by atoms with Crippen molar-refractivity contribution in [1.82, 2.24) is 0 Å². The van der Waals surface area contributed by atoms with Crippen LogP contribution in [-0.2, 0) is 0 Å². The maximum absolute atomic E-state index is 12.6. The monoisotopic (exact) mass is 149 g/mol. The third-order valence-corrected chi connectivity index (χ3v) is 1.75. The summed E-state index contributed by atoms with van der Waals surface area (Å²) < 4.78 is 12.6. The molecular formula is C9H8FN. The molecule has 0 atom stereocenters. The van der Waals surface area contributed by atoms with Gasteiger partial charge in [0.2, 0.25) is 0 Å². The summed E-state index contributed by atoms with van der Waals surface area (Å²) in [5, 5.41) is 8.55. The van der Waals surface area contributed by atoms with Gasteiger partial charge in [0.25, 0.3) is 0 Å². The number of benzene rings is 1. The standard InChI is InChI=1S/C9H8FN/c1-6-3-9(10)4-8(5-11)7(6)2/h3-4H,1-2H3. The molecule has 0 aliphatic rings. The summed E-state index contributed by atoms with van der Waals surface area (Å²) in [7, 11) is 0. The Balaban J connectivity index is 3.39. The van der Waals surface area contributed by atoms with Gasteiger partial charge >= 0.3 is 0 Å². The highest BCUT2D eigenvalue weighted by molar-refractivity contribution is 5.41.